The van der Waals surface area contributed by atoms with Gasteiger partial charge in [0.05, 0.1) is 6.10 Å². The second-order valence-corrected chi connectivity index (χ2v) is 4.53. The largest absolute Gasteiger partial charge is 0.379 e. The van der Waals surface area contributed by atoms with Crippen molar-refractivity contribution in [1.82, 2.24) is 0 Å². The molecular weight excluding hydrogens is 162 g/mol. The molecule has 0 heterocycles. The SMILES string of the molecule is CC(C)OCC1CCCCC(N)C1. The molecular formula is C11H23NO. The summed E-state index contributed by atoms with van der Waals surface area (Å²) in [5.74, 6) is 0.708. The van der Waals surface area contributed by atoms with E-state index in [2.05, 4.69) is 13.8 Å². The summed E-state index contributed by atoms with van der Waals surface area (Å²) in [5, 5.41) is 0. The van der Waals surface area contributed by atoms with Crippen molar-refractivity contribution in [2.45, 2.75) is 58.1 Å². The van der Waals surface area contributed by atoms with Crippen LogP contribution in [0.2, 0.25) is 0 Å². The Morgan fingerprint density at radius 1 is 1.31 bits per heavy atom. The topological polar surface area (TPSA) is 35.2 Å². The second-order valence-electron chi connectivity index (χ2n) is 4.53. The summed E-state index contributed by atoms with van der Waals surface area (Å²) in [6.07, 6.45) is 6.67. The molecule has 0 aromatic rings. The average molecular weight is 185 g/mol. The van der Waals surface area contributed by atoms with Gasteiger partial charge in [0, 0.05) is 12.6 Å². The molecule has 2 N–H and O–H groups in total. The van der Waals surface area contributed by atoms with Crippen LogP contribution in [0.25, 0.3) is 0 Å². The normalized spacial score (nSPS) is 30.5. The van der Waals surface area contributed by atoms with Crippen molar-refractivity contribution in [3.8, 4) is 0 Å². The molecule has 1 saturated carbocycles. The predicted octanol–water partition coefficient (Wildman–Crippen LogP) is 2.32. The number of hydrogen-bond acceptors (Lipinski definition) is 2. The summed E-state index contributed by atoms with van der Waals surface area (Å²) >= 11 is 0. The highest BCUT2D eigenvalue weighted by Gasteiger charge is 2.17. The maximum absolute atomic E-state index is 5.98. The summed E-state index contributed by atoms with van der Waals surface area (Å²) in [7, 11) is 0. The lowest BCUT2D eigenvalue weighted by atomic mass is 9.99. The molecule has 1 aliphatic carbocycles. The molecule has 13 heavy (non-hydrogen) atoms. The molecule has 0 bridgehead atoms. The van der Waals surface area contributed by atoms with Crippen LogP contribution in [0.5, 0.6) is 0 Å². The number of rotatable bonds is 3. The van der Waals surface area contributed by atoms with Gasteiger partial charge in [0.25, 0.3) is 0 Å². The summed E-state index contributed by atoms with van der Waals surface area (Å²) in [4.78, 5) is 0. The van der Waals surface area contributed by atoms with Crippen LogP contribution in [0.15, 0.2) is 0 Å². The predicted molar refractivity (Wildman–Crippen MR) is 55.6 cm³/mol. The second kappa shape index (κ2) is 5.61. The van der Waals surface area contributed by atoms with Crippen molar-refractivity contribution in [3.63, 3.8) is 0 Å². The standard InChI is InChI=1S/C11H23NO/c1-9(2)13-8-10-5-3-4-6-11(12)7-10/h9-11H,3-8,12H2,1-2H3. The van der Waals surface area contributed by atoms with Gasteiger partial charge in [0.1, 0.15) is 0 Å². The first-order valence-corrected chi connectivity index (χ1v) is 5.55. The summed E-state index contributed by atoms with van der Waals surface area (Å²) in [6.45, 7) is 5.10. The van der Waals surface area contributed by atoms with Gasteiger partial charge >= 0.3 is 0 Å². The van der Waals surface area contributed by atoms with Gasteiger partial charge in [-0.25, -0.2) is 0 Å². The molecule has 1 aliphatic rings. The van der Waals surface area contributed by atoms with Gasteiger partial charge in [0.15, 0.2) is 0 Å². The molecule has 1 fully saturated rings. The number of hydrogen-bond donors (Lipinski definition) is 1. The van der Waals surface area contributed by atoms with Crippen LogP contribution in [-0.4, -0.2) is 18.8 Å². The molecule has 2 nitrogen and oxygen atoms in total. The van der Waals surface area contributed by atoms with Crippen molar-refractivity contribution < 1.29 is 4.74 Å². The fourth-order valence-corrected chi connectivity index (χ4v) is 1.98. The molecule has 1 rings (SSSR count). The molecule has 0 aromatic heterocycles. The van der Waals surface area contributed by atoms with E-state index in [9.17, 15) is 0 Å². The minimum absolute atomic E-state index is 0.361. The highest BCUT2D eigenvalue weighted by atomic mass is 16.5. The van der Waals surface area contributed by atoms with Crippen molar-refractivity contribution in [2.75, 3.05) is 6.61 Å². The Morgan fingerprint density at radius 2 is 2.00 bits per heavy atom. The quantitative estimate of drug-likeness (QED) is 0.685. The third-order valence-corrected chi connectivity index (χ3v) is 2.74. The molecule has 2 heteroatoms. The number of nitrogens with two attached hydrogens (primary N) is 1. The molecule has 0 amide bonds. The fourth-order valence-electron chi connectivity index (χ4n) is 1.98. The monoisotopic (exact) mass is 185 g/mol. The Kier molecular flexibility index (Phi) is 4.74. The summed E-state index contributed by atoms with van der Waals surface area (Å²) in [6, 6.07) is 0.420. The van der Waals surface area contributed by atoms with Crippen LogP contribution < -0.4 is 5.73 Å². The van der Waals surface area contributed by atoms with Crippen LogP contribution in [0, 0.1) is 5.92 Å². The van der Waals surface area contributed by atoms with E-state index in [0.717, 1.165) is 13.0 Å². The van der Waals surface area contributed by atoms with Gasteiger partial charge in [-0.05, 0) is 39.0 Å². The Morgan fingerprint density at radius 3 is 2.69 bits per heavy atom. The zero-order valence-electron chi connectivity index (χ0n) is 8.96. The molecule has 0 saturated heterocycles. The van der Waals surface area contributed by atoms with Crippen molar-refractivity contribution in [2.24, 2.45) is 11.7 Å². The highest BCUT2D eigenvalue weighted by Crippen LogP contribution is 2.22. The minimum Gasteiger partial charge on any atom is -0.379 e. The van der Waals surface area contributed by atoms with Crippen LogP contribution >= 0.6 is 0 Å². The third kappa shape index (κ3) is 4.63. The van der Waals surface area contributed by atoms with Crippen molar-refractivity contribution >= 4 is 0 Å². The van der Waals surface area contributed by atoms with Gasteiger partial charge < -0.3 is 10.5 Å². The zero-order valence-corrected chi connectivity index (χ0v) is 8.96. The zero-order chi connectivity index (χ0) is 9.68. The van der Waals surface area contributed by atoms with E-state index in [1.807, 2.05) is 0 Å². The van der Waals surface area contributed by atoms with E-state index in [1.54, 1.807) is 0 Å². The lowest BCUT2D eigenvalue weighted by Gasteiger charge is -2.18. The highest BCUT2D eigenvalue weighted by molar-refractivity contribution is 4.73. The van der Waals surface area contributed by atoms with Crippen molar-refractivity contribution in [3.05, 3.63) is 0 Å². The smallest absolute Gasteiger partial charge is 0.0519 e. The van der Waals surface area contributed by atoms with E-state index < -0.39 is 0 Å². The van der Waals surface area contributed by atoms with Crippen molar-refractivity contribution in [1.29, 1.82) is 0 Å². The summed E-state index contributed by atoms with van der Waals surface area (Å²) in [5.41, 5.74) is 5.98. The summed E-state index contributed by atoms with van der Waals surface area (Å²) < 4.78 is 5.63. The Hall–Kier alpha value is -0.0800. The van der Waals surface area contributed by atoms with E-state index in [0.29, 0.717) is 18.1 Å². The lowest BCUT2D eigenvalue weighted by molar-refractivity contribution is 0.0463. The van der Waals surface area contributed by atoms with Gasteiger partial charge in [-0.2, -0.15) is 0 Å². The van der Waals surface area contributed by atoms with E-state index >= 15 is 0 Å². The maximum Gasteiger partial charge on any atom is 0.0519 e. The van der Waals surface area contributed by atoms with E-state index in [4.69, 9.17) is 10.5 Å². The molecule has 78 valence electrons. The molecule has 0 aromatic carbocycles. The van der Waals surface area contributed by atoms with Gasteiger partial charge in [0.2, 0.25) is 0 Å². The minimum atomic E-state index is 0.361. The molecule has 0 aliphatic heterocycles. The molecule has 2 atom stereocenters. The van der Waals surface area contributed by atoms with E-state index in [1.165, 1.54) is 25.7 Å². The van der Waals surface area contributed by atoms with Crippen LogP contribution in [0.1, 0.15) is 46.0 Å². The maximum atomic E-state index is 5.98. The Bertz CT molecular complexity index is 136. The Labute approximate surface area is 81.8 Å². The van der Waals surface area contributed by atoms with Gasteiger partial charge in [-0.15, -0.1) is 0 Å². The van der Waals surface area contributed by atoms with Gasteiger partial charge in [-0.3, -0.25) is 0 Å². The lowest BCUT2D eigenvalue weighted by Crippen LogP contribution is -2.24. The van der Waals surface area contributed by atoms with Crippen LogP contribution in [0.3, 0.4) is 0 Å². The first-order chi connectivity index (χ1) is 6.18. The third-order valence-electron chi connectivity index (χ3n) is 2.74. The first-order valence-electron chi connectivity index (χ1n) is 5.55. The van der Waals surface area contributed by atoms with Crippen LogP contribution in [-0.2, 0) is 4.74 Å². The molecule has 2 unspecified atom stereocenters. The first kappa shape index (κ1) is 11.0. The van der Waals surface area contributed by atoms with Crippen LogP contribution in [0.4, 0.5) is 0 Å². The van der Waals surface area contributed by atoms with E-state index in [-0.39, 0.29) is 0 Å². The molecule has 0 spiro atoms. The van der Waals surface area contributed by atoms with Gasteiger partial charge in [-0.1, -0.05) is 12.8 Å². The fraction of sp³-hybridized carbons (Fsp3) is 1.00. The molecule has 0 radical (unpaired) electrons. The number of ether oxygens (including phenoxy) is 1. The average Bonchev–Trinajstić information content (AvgIpc) is 2.26. The Balaban J connectivity index is 2.22.